The van der Waals surface area contributed by atoms with Crippen LogP contribution in [-0.4, -0.2) is 27.2 Å². The number of hydrogen-bond donors (Lipinski definition) is 2. The number of ether oxygens (including phenoxy) is 1. The first-order valence-electron chi connectivity index (χ1n) is 7.47. The molecule has 0 radical (unpaired) electrons. The van der Waals surface area contributed by atoms with E-state index in [1.807, 2.05) is 24.3 Å². The fourth-order valence-electron chi connectivity index (χ4n) is 3.00. The Morgan fingerprint density at radius 3 is 2.57 bits per heavy atom. The van der Waals surface area contributed by atoms with Crippen LogP contribution in [0.25, 0.3) is 0 Å². The molecule has 1 heterocycles. The van der Waals surface area contributed by atoms with Gasteiger partial charge in [-0.25, -0.2) is 13.1 Å². The second-order valence-electron chi connectivity index (χ2n) is 5.92. The number of nitrogens with one attached hydrogen (secondary N) is 1. The lowest BCUT2D eigenvalue weighted by atomic mass is 10.1. The predicted octanol–water partition coefficient (Wildman–Crippen LogP) is 1.13. The van der Waals surface area contributed by atoms with Crippen molar-refractivity contribution >= 4 is 10.0 Å². The molecule has 0 amide bonds. The van der Waals surface area contributed by atoms with Crippen molar-refractivity contribution in [3.05, 3.63) is 35.4 Å². The van der Waals surface area contributed by atoms with E-state index >= 15 is 0 Å². The third-order valence-corrected chi connectivity index (χ3v) is 5.59. The summed E-state index contributed by atoms with van der Waals surface area (Å²) >= 11 is 0. The summed E-state index contributed by atoms with van der Waals surface area (Å²) in [6.07, 6.45) is 3.13. The van der Waals surface area contributed by atoms with Gasteiger partial charge >= 0.3 is 0 Å². The molecule has 2 fully saturated rings. The van der Waals surface area contributed by atoms with Crippen LogP contribution in [0.1, 0.15) is 30.4 Å². The largest absolute Gasteiger partial charge is 0.376 e. The second-order valence-corrected chi connectivity index (χ2v) is 7.67. The minimum Gasteiger partial charge on any atom is -0.376 e. The number of sulfonamides is 1. The van der Waals surface area contributed by atoms with E-state index in [-0.39, 0.29) is 17.9 Å². The highest BCUT2D eigenvalue weighted by Gasteiger charge is 2.42. The maximum Gasteiger partial charge on any atom is 0.216 e. The second kappa shape index (κ2) is 6.04. The molecule has 3 rings (SSSR count). The van der Waals surface area contributed by atoms with Gasteiger partial charge in [0.1, 0.15) is 0 Å². The molecule has 116 valence electrons. The molecule has 1 saturated carbocycles. The topological polar surface area (TPSA) is 81.4 Å². The molecule has 1 aliphatic carbocycles. The molecule has 1 aromatic rings. The van der Waals surface area contributed by atoms with E-state index in [1.54, 1.807) is 0 Å². The summed E-state index contributed by atoms with van der Waals surface area (Å²) in [4.78, 5) is 0. The van der Waals surface area contributed by atoms with Crippen LogP contribution >= 0.6 is 0 Å². The van der Waals surface area contributed by atoms with Gasteiger partial charge < -0.3 is 10.5 Å². The smallest absolute Gasteiger partial charge is 0.216 e. The molecule has 21 heavy (non-hydrogen) atoms. The van der Waals surface area contributed by atoms with Crippen molar-refractivity contribution in [1.82, 2.24) is 4.72 Å². The summed E-state index contributed by atoms with van der Waals surface area (Å²) in [6, 6.07) is 7.34. The summed E-state index contributed by atoms with van der Waals surface area (Å²) in [5.41, 5.74) is 7.32. The molecule has 0 spiro atoms. The minimum absolute atomic E-state index is 0.0196. The monoisotopic (exact) mass is 310 g/mol. The van der Waals surface area contributed by atoms with Crippen LogP contribution in [0, 0.1) is 5.92 Å². The van der Waals surface area contributed by atoms with Crippen LogP contribution in [-0.2, 0) is 27.1 Å². The van der Waals surface area contributed by atoms with Gasteiger partial charge in [0.05, 0.1) is 17.9 Å². The number of benzene rings is 1. The number of rotatable bonds is 6. The maximum absolute atomic E-state index is 12.4. The molecule has 5 nitrogen and oxygen atoms in total. The van der Waals surface area contributed by atoms with Crippen molar-refractivity contribution in [2.45, 2.75) is 43.7 Å². The average Bonchev–Trinajstić information content (AvgIpc) is 3.19. The lowest BCUT2D eigenvalue weighted by Crippen LogP contribution is -2.41. The Bertz CT molecular complexity index is 599. The van der Waals surface area contributed by atoms with Crippen LogP contribution < -0.4 is 10.5 Å². The fourth-order valence-corrected chi connectivity index (χ4v) is 4.49. The van der Waals surface area contributed by atoms with Gasteiger partial charge in [0.2, 0.25) is 10.0 Å². The Morgan fingerprint density at radius 2 is 1.90 bits per heavy atom. The molecule has 3 N–H and O–H groups in total. The first-order chi connectivity index (χ1) is 10.1. The van der Waals surface area contributed by atoms with Gasteiger partial charge in [-0.15, -0.1) is 0 Å². The molecular weight excluding hydrogens is 288 g/mol. The zero-order chi connectivity index (χ0) is 14.9. The van der Waals surface area contributed by atoms with Crippen molar-refractivity contribution < 1.29 is 13.2 Å². The summed E-state index contributed by atoms with van der Waals surface area (Å²) in [7, 11) is -3.37. The Kier molecular flexibility index (Phi) is 4.31. The molecule has 2 aliphatic rings. The highest BCUT2D eigenvalue weighted by Crippen LogP contribution is 2.39. The van der Waals surface area contributed by atoms with E-state index in [4.69, 9.17) is 10.5 Å². The SMILES string of the molecule is NCc1ccccc1CS(=O)(=O)NC1CCOC1C1CC1. The molecule has 1 aliphatic heterocycles. The summed E-state index contributed by atoms with van der Waals surface area (Å²) in [5, 5.41) is 0. The van der Waals surface area contributed by atoms with Crippen molar-refractivity contribution in [1.29, 1.82) is 0 Å². The van der Waals surface area contributed by atoms with E-state index in [0.29, 0.717) is 19.1 Å². The molecule has 1 aromatic carbocycles. The van der Waals surface area contributed by atoms with E-state index in [2.05, 4.69) is 4.72 Å². The highest BCUT2D eigenvalue weighted by molar-refractivity contribution is 7.88. The van der Waals surface area contributed by atoms with Gasteiger partial charge in [-0.1, -0.05) is 24.3 Å². The van der Waals surface area contributed by atoms with E-state index in [9.17, 15) is 8.42 Å². The summed E-state index contributed by atoms with van der Waals surface area (Å²) < 4.78 is 33.3. The van der Waals surface area contributed by atoms with Gasteiger partial charge in [0, 0.05) is 13.2 Å². The van der Waals surface area contributed by atoms with Crippen LogP contribution in [0.4, 0.5) is 0 Å². The van der Waals surface area contributed by atoms with Crippen molar-refractivity contribution in [2.24, 2.45) is 11.7 Å². The Labute approximate surface area is 125 Å². The van der Waals surface area contributed by atoms with E-state index in [0.717, 1.165) is 30.4 Å². The predicted molar refractivity (Wildman–Crippen MR) is 81.0 cm³/mol. The Morgan fingerprint density at radius 1 is 1.19 bits per heavy atom. The molecule has 6 heteroatoms. The molecular formula is C15H22N2O3S. The van der Waals surface area contributed by atoms with Crippen molar-refractivity contribution in [3.8, 4) is 0 Å². The van der Waals surface area contributed by atoms with Crippen LogP contribution in [0.2, 0.25) is 0 Å². The fraction of sp³-hybridized carbons (Fsp3) is 0.600. The highest BCUT2D eigenvalue weighted by atomic mass is 32.2. The van der Waals surface area contributed by atoms with Gasteiger partial charge in [0.25, 0.3) is 0 Å². The first-order valence-corrected chi connectivity index (χ1v) is 9.13. The molecule has 1 saturated heterocycles. The maximum atomic E-state index is 12.4. The number of nitrogens with two attached hydrogens (primary N) is 1. The average molecular weight is 310 g/mol. The third-order valence-electron chi connectivity index (χ3n) is 4.24. The van der Waals surface area contributed by atoms with Crippen LogP contribution in [0.15, 0.2) is 24.3 Å². The quantitative estimate of drug-likeness (QED) is 0.825. The van der Waals surface area contributed by atoms with Crippen LogP contribution in [0.3, 0.4) is 0 Å². The Balaban J connectivity index is 1.69. The van der Waals surface area contributed by atoms with Gasteiger partial charge in [0.15, 0.2) is 0 Å². The first kappa shape index (κ1) is 15.0. The van der Waals surface area contributed by atoms with Crippen molar-refractivity contribution in [3.63, 3.8) is 0 Å². The van der Waals surface area contributed by atoms with Gasteiger partial charge in [-0.2, -0.15) is 0 Å². The van der Waals surface area contributed by atoms with E-state index < -0.39 is 10.0 Å². The lowest BCUT2D eigenvalue weighted by Gasteiger charge is -2.20. The molecule has 0 aromatic heterocycles. The third kappa shape index (κ3) is 3.63. The summed E-state index contributed by atoms with van der Waals surface area (Å²) in [6.45, 7) is 0.997. The molecule has 2 atom stereocenters. The van der Waals surface area contributed by atoms with Gasteiger partial charge in [-0.3, -0.25) is 0 Å². The lowest BCUT2D eigenvalue weighted by molar-refractivity contribution is 0.0848. The van der Waals surface area contributed by atoms with Gasteiger partial charge in [-0.05, 0) is 36.3 Å². The summed E-state index contributed by atoms with van der Waals surface area (Å²) in [5.74, 6) is 0.519. The standard InChI is InChI=1S/C15H22N2O3S/c16-9-12-3-1-2-4-13(12)10-21(18,19)17-14-7-8-20-15(14)11-5-6-11/h1-4,11,14-15,17H,5-10,16H2. The normalized spacial score (nSPS) is 26.1. The van der Waals surface area contributed by atoms with E-state index in [1.165, 1.54) is 0 Å². The zero-order valence-corrected chi connectivity index (χ0v) is 12.8. The molecule has 2 unspecified atom stereocenters. The molecule has 0 bridgehead atoms. The Hall–Kier alpha value is -0.950. The number of hydrogen-bond acceptors (Lipinski definition) is 4. The van der Waals surface area contributed by atoms with Crippen molar-refractivity contribution in [2.75, 3.05) is 6.61 Å². The van der Waals surface area contributed by atoms with Crippen LogP contribution in [0.5, 0.6) is 0 Å². The minimum atomic E-state index is -3.37. The zero-order valence-electron chi connectivity index (χ0n) is 12.0.